The van der Waals surface area contributed by atoms with E-state index in [1.165, 1.54) is 0 Å². The summed E-state index contributed by atoms with van der Waals surface area (Å²) in [7, 11) is 0. The van der Waals surface area contributed by atoms with Crippen molar-refractivity contribution in [2.24, 2.45) is 0 Å². The molecule has 0 amide bonds. The van der Waals surface area contributed by atoms with Gasteiger partial charge in [0, 0.05) is 0 Å². The number of hydrogen-bond donors (Lipinski definition) is 2. The molecule has 0 aliphatic carbocycles. The van der Waals surface area contributed by atoms with Gasteiger partial charge in [-0.05, 0) is 0 Å². The standard InChI is InChI=1S/C2H6O6S2/c3-9(4)7-1-2-8-10(5)6/h1-2H2,(H,3,4)(H,5,6). The molecule has 2 unspecified atom stereocenters. The summed E-state index contributed by atoms with van der Waals surface area (Å²) >= 11 is -4.68. The van der Waals surface area contributed by atoms with Gasteiger partial charge in [-0.15, -0.1) is 0 Å². The van der Waals surface area contributed by atoms with Gasteiger partial charge >= 0.3 is 22.7 Å². The smallest absolute Gasteiger partial charge is 0.284 e. The molecule has 0 aromatic carbocycles. The van der Waals surface area contributed by atoms with E-state index in [4.69, 9.17) is 9.11 Å². The highest BCUT2D eigenvalue weighted by Crippen LogP contribution is 1.82. The van der Waals surface area contributed by atoms with Crippen molar-refractivity contribution >= 4 is 22.7 Å². The van der Waals surface area contributed by atoms with Crippen molar-refractivity contribution in [2.75, 3.05) is 13.2 Å². The Kier molecular flexibility index (Phi) is 5.97. The minimum absolute atomic E-state index is 0.199. The summed E-state index contributed by atoms with van der Waals surface area (Å²) in [6.45, 7) is -0.398. The fourth-order valence-corrected chi connectivity index (χ4v) is 0.632. The normalized spacial score (nSPS) is 16.6. The topological polar surface area (TPSA) is 93.1 Å². The molecule has 0 rings (SSSR count). The van der Waals surface area contributed by atoms with E-state index in [-0.39, 0.29) is 13.2 Å². The molecule has 8 heteroatoms. The van der Waals surface area contributed by atoms with Crippen LogP contribution >= 0.6 is 0 Å². The van der Waals surface area contributed by atoms with E-state index in [1.807, 2.05) is 0 Å². The van der Waals surface area contributed by atoms with E-state index in [0.29, 0.717) is 0 Å². The fraction of sp³-hybridized carbons (Fsp3) is 1.00. The van der Waals surface area contributed by atoms with Crippen LogP contribution in [-0.4, -0.2) is 30.7 Å². The lowest BCUT2D eigenvalue weighted by Crippen LogP contribution is -2.06. The summed E-state index contributed by atoms with van der Waals surface area (Å²) in [5, 5.41) is 0. The predicted molar refractivity (Wildman–Crippen MR) is 33.4 cm³/mol. The van der Waals surface area contributed by atoms with Crippen LogP contribution in [0.2, 0.25) is 0 Å². The second kappa shape index (κ2) is 5.89. The predicted octanol–water partition coefficient (Wildman–Crippen LogP) is -0.707. The molecule has 0 aromatic rings. The monoisotopic (exact) mass is 190 g/mol. The van der Waals surface area contributed by atoms with Gasteiger partial charge in [0.25, 0.3) is 0 Å². The maximum Gasteiger partial charge on any atom is 0.301 e. The lowest BCUT2D eigenvalue weighted by molar-refractivity contribution is 0.217. The Hall–Kier alpha value is 0.140. The second-order valence-electron chi connectivity index (χ2n) is 1.08. The van der Waals surface area contributed by atoms with Gasteiger partial charge < -0.3 is 0 Å². The third kappa shape index (κ3) is 8.14. The average Bonchev–Trinajstić information content (AvgIpc) is 1.79. The van der Waals surface area contributed by atoms with Gasteiger partial charge in [-0.1, -0.05) is 0 Å². The Morgan fingerprint density at radius 2 is 1.30 bits per heavy atom. The zero-order chi connectivity index (χ0) is 7.98. The molecule has 0 radical (unpaired) electrons. The van der Waals surface area contributed by atoms with Gasteiger partial charge in [-0.25, -0.2) is 0 Å². The minimum atomic E-state index is -2.34. The lowest BCUT2D eigenvalue weighted by Gasteiger charge is -1.95. The number of rotatable bonds is 5. The summed E-state index contributed by atoms with van der Waals surface area (Å²) in [6.07, 6.45) is 0. The van der Waals surface area contributed by atoms with Gasteiger partial charge in [0.15, 0.2) is 0 Å². The van der Waals surface area contributed by atoms with Crippen molar-refractivity contribution in [3.8, 4) is 0 Å². The third-order valence-corrected chi connectivity index (χ3v) is 1.19. The van der Waals surface area contributed by atoms with Crippen LogP contribution in [0.25, 0.3) is 0 Å². The summed E-state index contributed by atoms with van der Waals surface area (Å²) in [6, 6.07) is 0. The maximum absolute atomic E-state index is 9.74. The van der Waals surface area contributed by atoms with Crippen LogP contribution < -0.4 is 0 Å². The van der Waals surface area contributed by atoms with Crippen LogP contribution in [0, 0.1) is 0 Å². The van der Waals surface area contributed by atoms with Crippen LogP contribution in [0.5, 0.6) is 0 Å². The molecule has 0 aliphatic heterocycles. The van der Waals surface area contributed by atoms with Crippen molar-refractivity contribution in [2.45, 2.75) is 0 Å². The highest BCUT2D eigenvalue weighted by Gasteiger charge is 1.95. The van der Waals surface area contributed by atoms with Gasteiger partial charge in [-0.3, -0.25) is 17.5 Å². The Balaban J connectivity index is 3.06. The molecule has 0 spiro atoms. The molecule has 2 N–H and O–H groups in total. The molecule has 0 aliphatic rings. The summed E-state index contributed by atoms with van der Waals surface area (Å²) in [5.74, 6) is 0. The number of hydrogen-bond acceptors (Lipinski definition) is 4. The SMILES string of the molecule is O=S(O)OCCOS(=O)O. The van der Waals surface area contributed by atoms with E-state index in [0.717, 1.165) is 0 Å². The third-order valence-electron chi connectivity index (χ3n) is 0.452. The molecule has 0 aromatic heterocycles. The van der Waals surface area contributed by atoms with Crippen molar-refractivity contribution in [1.29, 1.82) is 0 Å². The van der Waals surface area contributed by atoms with Crippen molar-refractivity contribution in [3.05, 3.63) is 0 Å². The minimum Gasteiger partial charge on any atom is -0.284 e. The van der Waals surface area contributed by atoms with Crippen LogP contribution in [0.3, 0.4) is 0 Å². The highest BCUT2D eigenvalue weighted by molar-refractivity contribution is 7.74. The van der Waals surface area contributed by atoms with Crippen LogP contribution in [0.15, 0.2) is 0 Å². The largest absolute Gasteiger partial charge is 0.301 e. The van der Waals surface area contributed by atoms with Crippen LogP contribution in [0.1, 0.15) is 0 Å². The fourth-order valence-electron chi connectivity index (χ4n) is 0.211. The van der Waals surface area contributed by atoms with E-state index in [9.17, 15) is 8.42 Å². The first kappa shape index (κ1) is 10.1. The van der Waals surface area contributed by atoms with Gasteiger partial charge in [0.05, 0.1) is 13.2 Å². The Bertz CT molecular complexity index is 118. The lowest BCUT2D eigenvalue weighted by atomic mass is 10.8. The van der Waals surface area contributed by atoms with E-state index < -0.39 is 22.7 Å². The van der Waals surface area contributed by atoms with Gasteiger partial charge in [-0.2, -0.15) is 8.42 Å². The molecule has 6 nitrogen and oxygen atoms in total. The van der Waals surface area contributed by atoms with Gasteiger partial charge in [0.1, 0.15) is 0 Å². The Labute approximate surface area is 62.5 Å². The Morgan fingerprint density at radius 1 is 1.00 bits per heavy atom. The quantitative estimate of drug-likeness (QED) is 0.439. The molecular formula is C2H6O6S2. The zero-order valence-electron chi connectivity index (χ0n) is 4.76. The summed E-state index contributed by atoms with van der Waals surface area (Å²) in [5.41, 5.74) is 0. The molecular weight excluding hydrogens is 184 g/mol. The van der Waals surface area contributed by atoms with Crippen molar-refractivity contribution < 1.29 is 25.9 Å². The Morgan fingerprint density at radius 3 is 1.50 bits per heavy atom. The second-order valence-corrected chi connectivity index (χ2v) is 2.42. The molecule has 10 heavy (non-hydrogen) atoms. The summed E-state index contributed by atoms with van der Waals surface area (Å²) < 4.78 is 43.5. The first-order chi connectivity index (χ1) is 4.63. The van der Waals surface area contributed by atoms with E-state index in [1.54, 1.807) is 0 Å². The molecule has 0 saturated heterocycles. The van der Waals surface area contributed by atoms with Crippen LogP contribution in [-0.2, 0) is 31.1 Å². The van der Waals surface area contributed by atoms with E-state index in [2.05, 4.69) is 8.37 Å². The zero-order valence-corrected chi connectivity index (χ0v) is 6.39. The van der Waals surface area contributed by atoms with Crippen molar-refractivity contribution in [3.63, 3.8) is 0 Å². The van der Waals surface area contributed by atoms with E-state index >= 15 is 0 Å². The molecule has 2 atom stereocenters. The first-order valence-corrected chi connectivity index (χ1v) is 4.17. The van der Waals surface area contributed by atoms with Crippen molar-refractivity contribution in [1.82, 2.24) is 0 Å². The average molecular weight is 190 g/mol. The highest BCUT2D eigenvalue weighted by atomic mass is 32.2. The van der Waals surface area contributed by atoms with Gasteiger partial charge in [0.2, 0.25) is 0 Å². The summed E-state index contributed by atoms with van der Waals surface area (Å²) in [4.78, 5) is 0. The molecule has 0 bridgehead atoms. The molecule has 0 heterocycles. The first-order valence-electron chi connectivity index (χ1n) is 2.11. The molecule has 0 fully saturated rings. The molecule has 62 valence electrons. The van der Waals surface area contributed by atoms with Crippen LogP contribution in [0.4, 0.5) is 0 Å². The molecule has 0 saturated carbocycles. The maximum atomic E-state index is 9.74.